The van der Waals surface area contributed by atoms with E-state index < -0.39 is 0 Å². The lowest BCUT2D eigenvalue weighted by Gasteiger charge is -2.06. The molecule has 0 saturated heterocycles. The molecule has 112 valence electrons. The van der Waals surface area contributed by atoms with E-state index in [0.717, 1.165) is 39.6 Å². The molecule has 0 radical (unpaired) electrons. The number of H-pyrrole nitrogens is 1. The number of aromatic nitrogens is 1. The fourth-order valence-electron chi connectivity index (χ4n) is 3.13. The second-order valence-electron chi connectivity index (χ2n) is 6.31. The molecule has 3 rings (SSSR count). The topological polar surface area (TPSA) is 32.9 Å². The van der Waals surface area contributed by atoms with E-state index in [1.807, 2.05) is 0 Å². The van der Waals surface area contributed by atoms with Crippen LogP contribution in [0.15, 0.2) is 36.4 Å². The summed E-state index contributed by atoms with van der Waals surface area (Å²) in [5.41, 5.74) is 7.39. The van der Waals surface area contributed by atoms with Gasteiger partial charge in [0.25, 0.3) is 0 Å². The Balaban J connectivity index is 2.22. The smallest absolute Gasteiger partial charge is 0.152 e. The van der Waals surface area contributed by atoms with Gasteiger partial charge in [0.1, 0.15) is 0 Å². The van der Waals surface area contributed by atoms with Crippen LogP contribution in [-0.2, 0) is 0 Å². The highest BCUT2D eigenvalue weighted by Gasteiger charge is 2.15. The van der Waals surface area contributed by atoms with Crippen LogP contribution in [0.25, 0.3) is 22.2 Å². The van der Waals surface area contributed by atoms with Crippen molar-refractivity contribution in [1.82, 2.24) is 4.98 Å². The van der Waals surface area contributed by atoms with E-state index in [9.17, 15) is 4.79 Å². The van der Waals surface area contributed by atoms with Gasteiger partial charge >= 0.3 is 0 Å². The molecule has 22 heavy (non-hydrogen) atoms. The SMILES string of the molecule is Cc1cc(C)c2c(C=O)c(-c3ccc(C(C)C)cc3)[nH]c2c1. The van der Waals surface area contributed by atoms with Crippen LogP contribution in [0.5, 0.6) is 0 Å². The number of aldehydes is 1. The minimum atomic E-state index is 0.507. The lowest BCUT2D eigenvalue weighted by molar-refractivity contribution is 0.112. The van der Waals surface area contributed by atoms with Crippen LogP contribution in [0, 0.1) is 13.8 Å². The van der Waals surface area contributed by atoms with Crippen LogP contribution in [0.3, 0.4) is 0 Å². The molecule has 0 aliphatic rings. The van der Waals surface area contributed by atoms with Crippen molar-refractivity contribution < 1.29 is 4.79 Å². The molecule has 0 fully saturated rings. The average Bonchev–Trinajstić information content (AvgIpc) is 2.85. The average molecular weight is 291 g/mol. The Morgan fingerprint density at radius 3 is 2.32 bits per heavy atom. The van der Waals surface area contributed by atoms with E-state index in [1.54, 1.807) is 0 Å². The summed E-state index contributed by atoms with van der Waals surface area (Å²) in [5.74, 6) is 0.507. The summed E-state index contributed by atoms with van der Waals surface area (Å²) in [7, 11) is 0. The number of carbonyl (C=O) groups excluding carboxylic acids is 1. The molecule has 2 nitrogen and oxygen atoms in total. The van der Waals surface area contributed by atoms with Crippen molar-refractivity contribution in [3.63, 3.8) is 0 Å². The summed E-state index contributed by atoms with van der Waals surface area (Å²) in [4.78, 5) is 15.1. The molecule has 3 aromatic rings. The lowest BCUT2D eigenvalue weighted by atomic mass is 9.98. The molecular weight excluding hydrogens is 270 g/mol. The number of aryl methyl sites for hydroxylation is 2. The summed E-state index contributed by atoms with van der Waals surface area (Å²) in [5, 5.41) is 1.03. The molecule has 0 saturated carbocycles. The van der Waals surface area contributed by atoms with Gasteiger partial charge in [-0.1, -0.05) is 44.2 Å². The van der Waals surface area contributed by atoms with Crippen LogP contribution in [-0.4, -0.2) is 11.3 Å². The first-order valence-corrected chi connectivity index (χ1v) is 7.69. The predicted octanol–water partition coefficient (Wildman–Crippen LogP) is 5.39. The zero-order valence-electron chi connectivity index (χ0n) is 13.5. The number of fused-ring (bicyclic) bond motifs is 1. The second-order valence-corrected chi connectivity index (χ2v) is 6.31. The van der Waals surface area contributed by atoms with Crippen LogP contribution < -0.4 is 0 Å². The first kappa shape index (κ1) is 14.6. The molecule has 0 aliphatic heterocycles. The number of carbonyl (C=O) groups is 1. The third kappa shape index (κ3) is 2.35. The van der Waals surface area contributed by atoms with Gasteiger partial charge in [-0.05, 0) is 48.1 Å². The highest BCUT2D eigenvalue weighted by atomic mass is 16.1. The standard InChI is InChI=1S/C20H21NO/c1-12(2)15-5-7-16(8-6-15)20-17(11-22)19-14(4)9-13(3)10-18(19)21-20/h5-12,21H,1-4H3. The number of rotatable bonds is 3. The maximum absolute atomic E-state index is 11.7. The van der Waals surface area contributed by atoms with E-state index in [0.29, 0.717) is 5.92 Å². The predicted molar refractivity (Wildman–Crippen MR) is 92.7 cm³/mol. The number of benzene rings is 2. The molecule has 1 aromatic heterocycles. The van der Waals surface area contributed by atoms with E-state index in [1.165, 1.54) is 11.1 Å². The van der Waals surface area contributed by atoms with Gasteiger partial charge in [-0.25, -0.2) is 0 Å². The van der Waals surface area contributed by atoms with Crippen molar-refractivity contribution in [2.24, 2.45) is 0 Å². The fourth-order valence-corrected chi connectivity index (χ4v) is 3.13. The van der Waals surface area contributed by atoms with Gasteiger partial charge in [-0.3, -0.25) is 4.79 Å². The normalized spacial score (nSPS) is 11.3. The fraction of sp³-hybridized carbons (Fsp3) is 0.250. The van der Waals surface area contributed by atoms with Crippen LogP contribution in [0.2, 0.25) is 0 Å². The Morgan fingerprint density at radius 1 is 1.05 bits per heavy atom. The number of aromatic amines is 1. The van der Waals surface area contributed by atoms with Gasteiger partial charge in [0.05, 0.1) is 5.69 Å². The van der Waals surface area contributed by atoms with Crippen molar-refractivity contribution in [3.05, 3.63) is 58.7 Å². The molecule has 0 amide bonds. The Hall–Kier alpha value is -2.35. The third-order valence-electron chi connectivity index (χ3n) is 4.26. The van der Waals surface area contributed by atoms with E-state index in [2.05, 4.69) is 69.1 Å². The van der Waals surface area contributed by atoms with E-state index in [4.69, 9.17) is 0 Å². The quantitative estimate of drug-likeness (QED) is 0.645. The minimum absolute atomic E-state index is 0.507. The first-order chi connectivity index (χ1) is 10.5. The molecule has 0 bridgehead atoms. The molecule has 2 heteroatoms. The third-order valence-corrected chi connectivity index (χ3v) is 4.26. The minimum Gasteiger partial charge on any atom is -0.354 e. The molecular formula is C20H21NO. The number of nitrogens with one attached hydrogen (secondary N) is 1. The van der Waals surface area contributed by atoms with Gasteiger partial charge < -0.3 is 4.98 Å². The molecule has 0 aliphatic carbocycles. The number of hydrogen-bond acceptors (Lipinski definition) is 1. The Labute approximate surface area is 131 Å². The zero-order valence-corrected chi connectivity index (χ0v) is 13.5. The van der Waals surface area contributed by atoms with Gasteiger partial charge in [0, 0.05) is 16.5 Å². The highest BCUT2D eigenvalue weighted by molar-refractivity contribution is 6.06. The van der Waals surface area contributed by atoms with E-state index >= 15 is 0 Å². The second kappa shape index (κ2) is 5.45. The maximum atomic E-state index is 11.7. The highest BCUT2D eigenvalue weighted by Crippen LogP contribution is 2.32. The first-order valence-electron chi connectivity index (χ1n) is 7.69. The lowest BCUT2D eigenvalue weighted by Crippen LogP contribution is -1.89. The van der Waals surface area contributed by atoms with Crippen LogP contribution in [0.1, 0.15) is 46.8 Å². The molecule has 1 heterocycles. The van der Waals surface area contributed by atoms with E-state index in [-0.39, 0.29) is 0 Å². The van der Waals surface area contributed by atoms with Crippen molar-refractivity contribution >= 4 is 17.2 Å². The summed E-state index contributed by atoms with van der Waals surface area (Å²) in [6.07, 6.45) is 0.965. The zero-order chi connectivity index (χ0) is 15.9. The largest absolute Gasteiger partial charge is 0.354 e. The maximum Gasteiger partial charge on any atom is 0.152 e. The Morgan fingerprint density at radius 2 is 1.73 bits per heavy atom. The van der Waals surface area contributed by atoms with Crippen molar-refractivity contribution in [3.8, 4) is 11.3 Å². The molecule has 0 unspecified atom stereocenters. The Kier molecular flexibility index (Phi) is 3.61. The van der Waals surface area contributed by atoms with Gasteiger partial charge in [0.15, 0.2) is 6.29 Å². The summed E-state index contributed by atoms with van der Waals surface area (Å²) >= 11 is 0. The van der Waals surface area contributed by atoms with Crippen LogP contribution >= 0.6 is 0 Å². The van der Waals surface area contributed by atoms with Gasteiger partial charge in [0.2, 0.25) is 0 Å². The van der Waals surface area contributed by atoms with Crippen molar-refractivity contribution in [2.45, 2.75) is 33.6 Å². The molecule has 1 N–H and O–H groups in total. The van der Waals surface area contributed by atoms with Crippen LogP contribution in [0.4, 0.5) is 0 Å². The Bertz CT molecular complexity index is 838. The summed E-state index contributed by atoms with van der Waals surface area (Å²) < 4.78 is 0. The van der Waals surface area contributed by atoms with Crippen molar-refractivity contribution in [1.29, 1.82) is 0 Å². The van der Waals surface area contributed by atoms with Gasteiger partial charge in [-0.2, -0.15) is 0 Å². The van der Waals surface area contributed by atoms with Gasteiger partial charge in [-0.15, -0.1) is 0 Å². The monoisotopic (exact) mass is 291 g/mol. The molecule has 0 atom stereocenters. The number of hydrogen-bond donors (Lipinski definition) is 1. The molecule has 2 aromatic carbocycles. The summed E-state index contributed by atoms with van der Waals surface area (Å²) in [6, 6.07) is 12.7. The van der Waals surface area contributed by atoms with Crippen molar-refractivity contribution in [2.75, 3.05) is 0 Å². The molecule has 0 spiro atoms. The summed E-state index contributed by atoms with van der Waals surface area (Å²) in [6.45, 7) is 8.49.